The Morgan fingerprint density at radius 2 is 1.90 bits per heavy atom. The summed E-state index contributed by atoms with van der Waals surface area (Å²) in [6.45, 7) is 2.00. The number of hydrogen-bond donors (Lipinski definition) is 2. The number of anilines is 1. The van der Waals surface area contributed by atoms with E-state index in [0.717, 1.165) is 17.7 Å². The Balaban J connectivity index is 2.19. The van der Waals surface area contributed by atoms with Crippen LogP contribution in [0.2, 0.25) is 5.02 Å². The van der Waals surface area contributed by atoms with Crippen LogP contribution in [0.15, 0.2) is 53.6 Å². The van der Waals surface area contributed by atoms with Crippen LogP contribution in [0, 0.1) is 0 Å². The molecule has 0 spiro atoms. The molecule has 21 heavy (non-hydrogen) atoms. The van der Waals surface area contributed by atoms with Gasteiger partial charge in [0, 0.05) is 5.02 Å². The lowest BCUT2D eigenvalue weighted by Crippen LogP contribution is -2.03. The number of hydrogen-bond acceptors (Lipinski definition) is 3. The number of halogens is 1. The molecule has 0 bridgehead atoms. The first kappa shape index (κ1) is 15.1. The summed E-state index contributed by atoms with van der Waals surface area (Å²) in [6, 6.07) is 14.0. The minimum absolute atomic E-state index is 0.222. The van der Waals surface area contributed by atoms with Gasteiger partial charge in [0.2, 0.25) is 0 Å². The van der Waals surface area contributed by atoms with Crippen LogP contribution in [0.25, 0.3) is 0 Å². The monoisotopic (exact) mass is 302 g/mol. The maximum absolute atomic E-state index is 10.9. The van der Waals surface area contributed by atoms with E-state index in [9.17, 15) is 4.79 Å². The number of benzene rings is 2. The fraction of sp³-hybridized carbons (Fsp3) is 0.125. The molecule has 0 fully saturated rings. The van der Waals surface area contributed by atoms with E-state index in [4.69, 9.17) is 16.7 Å². The molecule has 0 aliphatic carbocycles. The Bertz CT molecular complexity index is 666. The second-order valence-electron chi connectivity index (χ2n) is 4.42. The standard InChI is InChI=1S/C16H15ClN2O2/c1-2-15(11-6-8-13(17)9-7-11)19-18-14-5-3-4-12(10-14)16(20)21/h3-10,18H,2H2,1H3,(H,20,21)/b19-15+. The maximum Gasteiger partial charge on any atom is 0.335 e. The molecular formula is C16H15ClN2O2. The van der Waals surface area contributed by atoms with Crippen molar-refractivity contribution < 1.29 is 9.90 Å². The quantitative estimate of drug-likeness (QED) is 0.640. The van der Waals surface area contributed by atoms with Gasteiger partial charge in [-0.15, -0.1) is 0 Å². The van der Waals surface area contributed by atoms with E-state index in [1.165, 1.54) is 6.07 Å². The Labute approximate surface area is 128 Å². The minimum atomic E-state index is -0.962. The molecule has 2 aromatic carbocycles. The molecule has 2 rings (SSSR count). The zero-order chi connectivity index (χ0) is 15.2. The van der Waals surface area contributed by atoms with Gasteiger partial charge in [-0.25, -0.2) is 4.79 Å². The van der Waals surface area contributed by atoms with Crippen molar-refractivity contribution in [3.63, 3.8) is 0 Å². The predicted molar refractivity (Wildman–Crippen MR) is 85.3 cm³/mol. The van der Waals surface area contributed by atoms with Gasteiger partial charge in [0.15, 0.2) is 0 Å². The van der Waals surface area contributed by atoms with Crippen LogP contribution in [0.1, 0.15) is 29.3 Å². The van der Waals surface area contributed by atoms with E-state index in [1.807, 2.05) is 31.2 Å². The first-order chi connectivity index (χ1) is 10.1. The second-order valence-corrected chi connectivity index (χ2v) is 4.85. The Kier molecular flexibility index (Phi) is 4.95. The highest BCUT2D eigenvalue weighted by molar-refractivity contribution is 6.30. The molecule has 0 saturated carbocycles. The van der Waals surface area contributed by atoms with Crippen molar-refractivity contribution in [1.82, 2.24) is 0 Å². The molecule has 2 N–H and O–H groups in total. The topological polar surface area (TPSA) is 61.7 Å². The summed E-state index contributed by atoms with van der Waals surface area (Å²) in [7, 11) is 0. The molecule has 0 aliphatic heterocycles. The van der Waals surface area contributed by atoms with Gasteiger partial charge in [-0.1, -0.05) is 36.7 Å². The van der Waals surface area contributed by atoms with Crippen LogP contribution in [0.4, 0.5) is 5.69 Å². The lowest BCUT2D eigenvalue weighted by atomic mass is 10.1. The molecule has 0 saturated heterocycles. The predicted octanol–water partition coefficient (Wildman–Crippen LogP) is 4.26. The van der Waals surface area contributed by atoms with Crippen molar-refractivity contribution >= 4 is 29.0 Å². The number of nitrogens with one attached hydrogen (secondary N) is 1. The van der Waals surface area contributed by atoms with Gasteiger partial charge in [-0.3, -0.25) is 5.43 Å². The van der Waals surface area contributed by atoms with Crippen LogP contribution in [0.5, 0.6) is 0 Å². The fourth-order valence-corrected chi connectivity index (χ4v) is 1.97. The highest BCUT2D eigenvalue weighted by atomic mass is 35.5. The van der Waals surface area contributed by atoms with Gasteiger partial charge < -0.3 is 5.11 Å². The summed E-state index contributed by atoms with van der Waals surface area (Å²) in [5.74, 6) is -0.962. The van der Waals surface area contributed by atoms with Gasteiger partial charge in [0.25, 0.3) is 0 Å². The lowest BCUT2D eigenvalue weighted by Gasteiger charge is -2.06. The summed E-state index contributed by atoms with van der Waals surface area (Å²) in [6.07, 6.45) is 0.743. The molecule has 0 aliphatic rings. The molecule has 0 radical (unpaired) electrons. The van der Waals surface area contributed by atoms with Gasteiger partial charge in [-0.2, -0.15) is 5.10 Å². The van der Waals surface area contributed by atoms with Crippen LogP contribution >= 0.6 is 11.6 Å². The Morgan fingerprint density at radius 3 is 2.52 bits per heavy atom. The van der Waals surface area contributed by atoms with Crippen LogP contribution in [0.3, 0.4) is 0 Å². The van der Waals surface area contributed by atoms with Crippen molar-refractivity contribution in [2.45, 2.75) is 13.3 Å². The molecule has 0 aromatic heterocycles. The third kappa shape index (κ3) is 4.07. The van der Waals surface area contributed by atoms with E-state index >= 15 is 0 Å². The van der Waals surface area contributed by atoms with Gasteiger partial charge >= 0.3 is 5.97 Å². The lowest BCUT2D eigenvalue weighted by molar-refractivity contribution is 0.0697. The average Bonchev–Trinajstić information content (AvgIpc) is 2.50. The summed E-state index contributed by atoms with van der Waals surface area (Å²) in [5.41, 5.74) is 5.60. The van der Waals surface area contributed by atoms with Gasteiger partial charge in [-0.05, 0) is 42.3 Å². The normalized spacial score (nSPS) is 11.2. The third-order valence-electron chi connectivity index (χ3n) is 2.94. The largest absolute Gasteiger partial charge is 0.478 e. The number of carboxylic acid groups (broad SMARTS) is 1. The molecule has 108 valence electrons. The van der Waals surface area contributed by atoms with E-state index in [1.54, 1.807) is 18.2 Å². The first-order valence-corrected chi connectivity index (χ1v) is 6.90. The average molecular weight is 303 g/mol. The van der Waals surface area contributed by atoms with Crippen LogP contribution in [-0.2, 0) is 0 Å². The van der Waals surface area contributed by atoms with Crippen molar-refractivity contribution in [2.24, 2.45) is 5.10 Å². The molecule has 5 heteroatoms. The van der Waals surface area contributed by atoms with E-state index in [2.05, 4.69) is 10.5 Å². The summed E-state index contributed by atoms with van der Waals surface area (Å²) in [4.78, 5) is 10.9. The smallest absolute Gasteiger partial charge is 0.335 e. The van der Waals surface area contributed by atoms with Crippen LogP contribution < -0.4 is 5.43 Å². The second kappa shape index (κ2) is 6.90. The van der Waals surface area contributed by atoms with Crippen molar-refractivity contribution in [2.75, 3.05) is 5.43 Å². The molecule has 0 unspecified atom stereocenters. The zero-order valence-electron chi connectivity index (χ0n) is 11.5. The van der Waals surface area contributed by atoms with E-state index < -0.39 is 5.97 Å². The number of carbonyl (C=O) groups is 1. The first-order valence-electron chi connectivity index (χ1n) is 6.52. The van der Waals surface area contributed by atoms with Crippen molar-refractivity contribution in [1.29, 1.82) is 0 Å². The van der Waals surface area contributed by atoms with Gasteiger partial charge in [0.05, 0.1) is 17.0 Å². The molecule has 0 amide bonds. The molecule has 2 aromatic rings. The van der Waals surface area contributed by atoms with E-state index in [0.29, 0.717) is 10.7 Å². The Morgan fingerprint density at radius 1 is 1.19 bits per heavy atom. The van der Waals surface area contributed by atoms with E-state index in [-0.39, 0.29) is 5.56 Å². The number of rotatable bonds is 5. The summed E-state index contributed by atoms with van der Waals surface area (Å²) >= 11 is 5.87. The third-order valence-corrected chi connectivity index (χ3v) is 3.19. The van der Waals surface area contributed by atoms with Crippen molar-refractivity contribution in [3.05, 3.63) is 64.7 Å². The molecule has 0 atom stereocenters. The SMILES string of the molecule is CC/C(=N\Nc1cccc(C(=O)O)c1)c1ccc(Cl)cc1. The highest BCUT2D eigenvalue weighted by Gasteiger charge is 2.04. The molecule has 0 heterocycles. The van der Waals surface area contributed by atoms with Gasteiger partial charge in [0.1, 0.15) is 0 Å². The number of nitrogens with zero attached hydrogens (tertiary/aromatic N) is 1. The highest BCUT2D eigenvalue weighted by Crippen LogP contribution is 2.14. The Hall–Kier alpha value is -2.33. The fourth-order valence-electron chi connectivity index (χ4n) is 1.84. The minimum Gasteiger partial charge on any atom is -0.478 e. The summed E-state index contributed by atoms with van der Waals surface area (Å²) in [5, 5.41) is 14.0. The number of hydrazone groups is 1. The zero-order valence-corrected chi connectivity index (χ0v) is 12.3. The number of carboxylic acids is 1. The molecule has 4 nitrogen and oxygen atoms in total. The molecular weight excluding hydrogens is 288 g/mol. The maximum atomic E-state index is 10.9. The summed E-state index contributed by atoms with van der Waals surface area (Å²) < 4.78 is 0. The number of aromatic carboxylic acids is 1. The van der Waals surface area contributed by atoms with Crippen LogP contribution in [-0.4, -0.2) is 16.8 Å². The van der Waals surface area contributed by atoms with Crippen molar-refractivity contribution in [3.8, 4) is 0 Å².